The van der Waals surface area contributed by atoms with Crippen molar-refractivity contribution < 1.29 is 19.0 Å². The third-order valence-electron chi connectivity index (χ3n) is 3.19. The summed E-state index contributed by atoms with van der Waals surface area (Å²) in [5.41, 5.74) is -0.304. The summed E-state index contributed by atoms with van der Waals surface area (Å²) < 4.78 is 15.7. The zero-order valence-corrected chi connectivity index (χ0v) is 10.2. The predicted molar refractivity (Wildman–Crippen MR) is 59.3 cm³/mol. The van der Waals surface area contributed by atoms with E-state index in [2.05, 4.69) is 5.32 Å². The summed E-state index contributed by atoms with van der Waals surface area (Å²) in [5.74, 6) is -0.113. The Kier molecular flexibility index (Phi) is 5.18. The van der Waals surface area contributed by atoms with Crippen LogP contribution in [0, 0.1) is 0 Å². The van der Waals surface area contributed by atoms with Crippen LogP contribution in [0.3, 0.4) is 0 Å². The van der Waals surface area contributed by atoms with E-state index in [1.807, 2.05) is 6.92 Å². The number of hydrogen-bond acceptors (Lipinski definition) is 4. The van der Waals surface area contributed by atoms with Crippen molar-refractivity contribution in [1.82, 2.24) is 5.32 Å². The van der Waals surface area contributed by atoms with Gasteiger partial charge in [0.1, 0.15) is 6.61 Å². The second kappa shape index (κ2) is 6.18. The van der Waals surface area contributed by atoms with Crippen LogP contribution in [0.25, 0.3) is 0 Å². The fourth-order valence-electron chi connectivity index (χ4n) is 2.08. The maximum Gasteiger partial charge on any atom is 0.246 e. The Hall–Kier alpha value is -0.650. The van der Waals surface area contributed by atoms with Gasteiger partial charge in [0.15, 0.2) is 0 Å². The number of carbonyl (C=O) groups excluding carboxylic acids is 1. The molecule has 0 aromatic heterocycles. The van der Waals surface area contributed by atoms with Gasteiger partial charge in [0, 0.05) is 40.3 Å². The predicted octanol–water partition coefficient (Wildman–Crippen LogP) is 0.333. The lowest BCUT2D eigenvalue weighted by molar-refractivity contribution is -0.134. The van der Waals surface area contributed by atoms with E-state index in [-0.39, 0.29) is 24.2 Å². The average molecular weight is 231 g/mol. The quantitative estimate of drug-likeness (QED) is 0.741. The average Bonchev–Trinajstić information content (AvgIpc) is 2.30. The van der Waals surface area contributed by atoms with Crippen molar-refractivity contribution in [3.63, 3.8) is 0 Å². The molecule has 0 aromatic carbocycles. The summed E-state index contributed by atoms with van der Waals surface area (Å²) in [6, 6.07) is -0.0379. The first-order valence-corrected chi connectivity index (χ1v) is 5.56. The molecule has 1 rings (SSSR count). The second-order valence-electron chi connectivity index (χ2n) is 4.10. The minimum atomic E-state index is -0.304. The van der Waals surface area contributed by atoms with Crippen LogP contribution in [0.2, 0.25) is 0 Å². The molecule has 1 saturated heterocycles. The first-order chi connectivity index (χ1) is 7.64. The molecule has 0 spiro atoms. The van der Waals surface area contributed by atoms with Gasteiger partial charge in [0.25, 0.3) is 0 Å². The Morgan fingerprint density at radius 2 is 2.06 bits per heavy atom. The Morgan fingerprint density at radius 3 is 2.56 bits per heavy atom. The van der Waals surface area contributed by atoms with E-state index in [4.69, 9.17) is 14.2 Å². The molecule has 0 radical (unpaired) electrons. The number of nitrogens with one attached hydrogen (secondary N) is 1. The summed E-state index contributed by atoms with van der Waals surface area (Å²) in [7, 11) is 3.19. The molecule has 0 bridgehead atoms. The van der Waals surface area contributed by atoms with Crippen LogP contribution in [0.1, 0.15) is 19.8 Å². The van der Waals surface area contributed by atoms with Crippen molar-refractivity contribution in [1.29, 1.82) is 0 Å². The number of ether oxygens (including phenoxy) is 3. The SMILES string of the molecule is COCC(=O)NC(C)C1(OC)CCOCC1. The summed E-state index contributed by atoms with van der Waals surface area (Å²) in [6.07, 6.45) is 1.61. The maximum absolute atomic E-state index is 11.4. The lowest BCUT2D eigenvalue weighted by Gasteiger charge is -2.40. The van der Waals surface area contributed by atoms with Crippen LogP contribution in [0.4, 0.5) is 0 Å². The van der Waals surface area contributed by atoms with Gasteiger partial charge in [0.05, 0.1) is 11.6 Å². The van der Waals surface area contributed by atoms with Gasteiger partial charge in [0.2, 0.25) is 5.91 Å². The van der Waals surface area contributed by atoms with E-state index in [9.17, 15) is 4.79 Å². The third-order valence-corrected chi connectivity index (χ3v) is 3.19. The van der Waals surface area contributed by atoms with Gasteiger partial charge in [-0.1, -0.05) is 0 Å². The smallest absolute Gasteiger partial charge is 0.246 e. The van der Waals surface area contributed by atoms with Crippen LogP contribution in [0.5, 0.6) is 0 Å². The summed E-state index contributed by atoms with van der Waals surface area (Å²) in [6.45, 7) is 3.40. The van der Waals surface area contributed by atoms with Gasteiger partial charge in [-0.05, 0) is 6.92 Å². The van der Waals surface area contributed by atoms with Crippen molar-refractivity contribution in [3.8, 4) is 0 Å². The highest BCUT2D eigenvalue weighted by Crippen LogP contribution is 2.28. The molecule has 0 saturated carbocycles. The number of amides is 1. The lowest BCUT2D eigenvalue weighted by atomic mass is 9.87. The van der Waals surface area contributed by atoms with Crippen LogP contribution in [-0.2, 0) is 19.0 Å². The van der Waals surface area contributed by atoms with Gasteiger partial charge in [-0.15, -0.1) is 0 Å². The molecular weight excluding hydrogens is 210 g/mol. The molecule has 0 aromatic rings. The highest BCUT2D eigenvalue weighted by atomic mass is 16.5. The number of hydrogen-bond donors (Lipinski definition) is 1. The first kappa shape index (κ1) is 13.4. The van der Waals surface area contributed by atoms with Crippen LogP contribution < -0.4 is 5.32 Å². The zero-order chi connectivity index (χ0) is 12.0. The molecule has 1 fully saturated rings. The van der Waals surface area contributed by atoms with Gasteiger partial charge >= 0.3 is 0 Å². The van der Waals surface area contributed by atoms with Gasteiger partial charge < -0.3 is 19.5 Å². The van der Waals surface area contributed by atoms with Gasteiger partial charge in [-0.25, -0.2) is 0 Å². The van der Waals surface area contributed by atoms with Crippen LogP contribution in [0.15, 0.2) is 0 Å². The molecule has 1 aliphatic heterocycles. The van der Waals surface area contributed by atoms with Crippen LogP contribution >= 0.6 is 0 Å². The molecule has 1 aliphatic rings. The van der Waals surface area contributed by atoms with Crippen molar-refractivity contribution in [2.75, 3.05) is 34.0 Å². The van der Waals surface area contributed by atoms with Gasteiger partial charge in [-0.3, -0.25) is 4.79 Å². The normalized spacial score (nSPS) is 21.4. The Balaban J connectivity index is 2.54. The minimum Gasteiger partial charge on any atom is -0.381 e. The molecule has 5 nitrogen and oxygen atoms in total. The van der Waals surface area contributed by atoms with Crippen molar-refractivity contribution in [3.05, 3.63) is 0 Å². The van der Waals surface area contributed by atoms with Crippen molar-refractivity contribution >= 4 is 5.91 Å². The Morgan fingerprint density at radius 1 is 1.44 bits per heavy atom. The molecule has 1 amide bonds. The molecule has 1 atom stereocenters. The monoisotopic (exact) mass is 231 g/mol. The highest BCUT2D eigenvalue weighted by molar-refractivity contribution is 5.77. The van der Waals surface area contributed by atoms with Crippen molar-refractivity contribution in [2.45, 2.75) is 31.4 Å². The van der Waals surface area contributed by atoms with E-state index < -0.39 is 0 Å². The fourth-order valence-corrected chi connectivity index (χ4v) is 2.08. The molecule has 94 valence electrons. The summed E-state index contributed by atoms with van der Waals surface area (Å²) in [5, 5.41) is 2.90. The molecular formula is C11H21NO4. The number of methoxy groups -OCH3 is 2. The molecule has 16 heavy (non-hydrogen) atoms. The fraction of sp³-hybridized carbons (Fsp3) is 0.909. The lowest BCUT2D eigenvalue weighted by Crippen LogP contribution is -2.55. The molecule has 5 heteroatoms. The molecule has 0 aliphatic carbocycles. The molecule has 1 N–H and O–H groups in total. The standard InChI is InChI=1S/C11H21NO4/c1-9(12-10(13)8-14-2)11(15-3)4-6-16-7-5-11/h9H,4-8H2,1-3H3,(H,12,13). The number of carbonyl (C=O) groups is 1. The minimum absolute atomic E-state index is 0.0379. The summed E-state index contributed by atoms with van der Waals surface area (Å²) in [4.78, 5) is 11.4. The van der Waals surface area contributed by atoms with Crippen molar-refractivity contribution in [2.24, 2.45) is 0 Å². The van der Waals surface area contributed by atoms with Gasteiger partial charge in [-0.2, -0.15) is 0 Å². The largest absolute Gasteiger partial charge is 0.381 e. The van der Waals surface area contributed by atoms with E-state index >= 15 is 0 Å². The highest BCUT2D eigenvalue weighted by Gasteiger charge is 2.38. The van der Waals surface area contributed by atoms with E-state index in [1.165, 1.54) is 7.11 Å². The summed E-state index contributed by atoms with van der Waals surface area (Å²) >= 11 is 0. The van der Waals surface area contributed by atoms with Crippen LogP contribution in [-0.4, -0.2) is 51.6 Å². The Bertz CT molecular complexity index is 226. The second-order valence-corrected chi connectivity index (χ2v) is 4.10. The third kappa shape index (κ3) is 3.17. The first-order valence-electron chi connectivity index (χ1n) is 5.56. The van der Waals surface area contributed by atoms with E-state index in [1.54, 1.807) is 7.11 Å². The number of rotatable bonds is 5. The molecule has 1 heterocycles. The Labute approximate surface area is 96.4 Å². The van der Waals surface area contributed by atoms with E-state index in [0.29, 0.717) is 13.2 Å². The topological polar surface area (TPSA) is 56.8 Å². The zero-order valence-electron chi connectivity index (χ0n) is 10.2. The van der Waals surface area contributed by atoms with E-state index in [0.717, 1.165) is 12.8 Å². The molecule has 1 unspecified atom stereocenters. The maximum atomic E-state index is 11.4.